The number of nitrogens with one attached hydrogen (secondary N) is 2. The Labute approximate surface area is 151 Å². The Balaban J connectivity index is 1.91. The van der Waals surface area contributed by atoms with Crippen LogP contribution in [0.1, 0.15) is 18.1 Å². The van der Waals surface area contributed by atoms with Crippen molar-refractivity contribution >= 4 is 40.3 Å². The zero-order valence-corrected chi connectivity index (χ0v) is 14.9. The van der Waals surface area contributed by atoms with Crippen molar-refractivity contribution in [2.75, 3.05) is 29.5 Å². The Morgan fingerprint density at radius 1 is 1.44 bits per heavy atom. The fraction of sp³-hybridized carbons (Fsp3) is 0.222. The lowest BCUT2D eigenvalue weighted by Gasteiger charge is -2.20. The summed E-state index contributed by atoms with van der Waals surface area (Å²) >= 11 is 6.22. The second-order valence-electron chi connectivity index (χ2n) is 5.65. The highest BCUT2D eigenvalue weighted by Gasteiger charge is 2.18. The number of hydrogen-bond acceptors (Lipinski definition) is 6. The van der Waals surface area contributed by atoms with Crippen molar-refractivity contribution < 1.29 is 4.74 Å². The smallest absolute Gasteiger partial charge is 0.184 e. The molecular weight excluding hydrogens is 338 g/mol. The fourth-order valence-corrected chi connectivity index (χ4v) is 2.70. The molecule has 0 atom stereocenters. The van der Waals surface area contributed by atoms with Gasteiger partial charge in [0, 0.05) is 11.1 Å². The van der Waals surface area contributed by atoms with Gasteiger partial charge in [0.05, 0.1) is 24.6 Å². The van der Waals surface area contributed by atoms with Gasteiger partial charge in [-0.15, -0.1) is 0 Å². The van der Waals surface area contributed by atoms with E-state index in [2.05, 4.69) is 27.2 Å². The van der Waals surface area contributed by atoms with E-state index in [1.807, 2.05) is 38.1 Å². The largest absolute Gasteiger partial charge is 0.480 e. The predicted molar refractivity (Wildman–Crippen MR) is 104 cm³/mol. The average Bonchev–Trinajstić information content (AvgIpc) is 2.57. The number of pyridine rings is 1. The molecule has 0 bridgehead atoms. The number of aryl methyl sites for hydroxylation is 1. The lowest BCUT2D eigenvalue weighted by Crippen LogP contribution is -2.20. The van der Waals surface area contributed by atoms with Crippen molar-refractivity contribution in [3.8, 4) is 0 Å². The number of aliphatic imine (C=N–C) groups is 1. The molecule has 1 aromatic heterocycles. The van der Waals surface area contributed by atoms with Crippen LogP contribution in [0.5, 0.6) is 0 Å². The molecule has 2 aromatic rings. The van der Waals surface area contributed by atoms with Crippen LogP contribution in [-0.4, -0.2) is 23.8 Å². The Bertz CT molecular complexity index is 863. The van der Waals surface area contributed by atoms with E-state index in [9.17, 15) is 0 Å². The molecule has 0 fully saturated rings. The Hall–Kier alpha value is -2.73. The predicted octanol–water partition coefficient (Wildman–Crippen LogP) is 4.09. The van der Waals surface area contributed by atoms with Crippen LogP contribution in [0.4, 0.5) is 23.0 Å². The van der Waals surface area contributed by atoms with Gasteiger partial charge in [0.15, 0.2) is 11.7 Å². The monoisotopic (exact) mass is 357 g/mol. The Morgan fingerprint density at radius 3 is 2.96 bits per heavy atom. The molecule has 0 aliphatic carbocycles. The van der Waals surface area contributed by atoms with E-state index < -0.39 is 0 Å². The highest BCUT2D eigenvalue weighted by atomic mass is 35.5. The van der Waals surface area contributed by atoms with Gasteiger partial charge < -0.3 is 21.1 Å². The summed E-state index contributed by atoms with van der Waals surface area (Å²) < 4.78 is 5.28. The van der Waals surface area contributed by atoms with Gasteiger partial charge in [-0.05, 0) is 37.6 Å². The number of nitrogens with zero attached hydrogens (tertiary/aromatic N) is 2. The van der Waals surface area contributed by atoms with Crippen LogP contribution in [-0.2, 0) is 4.74 Å². The minimum Gasteiger partial charge on any atom is -0.480 e. The lowest BCUT2D eigenvalue weighted by molar-refractivity contribution is 0.236. The zero-order chi connectivity index (χ0) is 18.0. The van der Waals surface area contributed by atoms with E-state index in [0.29, 0.717) is 41.4 Å². The molecule has 25 heavy (non-hydrogen) atoms. The average molecular weight is 358 g/mol. The summed E-state index contributed by atoms with van der Waals surface area (Å²) in [7, 11) is 0. The van der Waals surface area contributed by atoms with E-state index >= 15 is 0 Å². The van der Waals surface area contributed by atoms with Crippen LogP contribution >= 0.6 is 11.6 Å². The molecule has 1 aromatic carbocycles. The quantitative estimate of drug-likeness (QED) is 0.702. The molecule has 0 saturated heterocycles. The number of fused-ring (bicyclic) bond motifs is 1. The number of nitrogen functional groups attached to an aromatic ring is 1. The molecule has 0 spiro atoms. The number of ether oxygens (including phenoxy) is 1. The standard InChI is InChI=1S/C18H20ClN5O/c1-4-25-11(3)22-16-8-14-17(18(20)24-16)23-15(9-21-14)12-6-5-10(2)13(19)7-12/h5-8,21H,3-4,9H2,1-2H3,(H3,20,22,24). The van der Waals surface area contributed by atoms with E-state index in [-0.39, 0.29) is 0 Å². The molecule has 2 heterocycles. The SMILES string of the molecule is C=C(Nc1cc2c(c(N)n1)N=C(c1ccc(C)c(Cl)c1)CN2)OCC. The highest BCUT2D eigenvalue weighted by molar-refractivity contribution is 6.31. The van der Waals surface area contributed by atoms with E-state index in [1.165, 1.54) is 0 Å². The van der Waals surface area contributed by atoms with Crippen molar-refractivity contribution in [2.24, 2.45) is 4.99 Å². The van der Waals surface area contributed by atoms with Gasteiger partial charge in [-0.3, -0.25) is 0 Å². The molecule has 0 amide bonds. The summed E-state index contributed by atoms with van der Waals surface area (Å²) in [4.78, 5) is 8.99. The van der Waals surface area contributed by atoms with Gasteiger partial charge in [-0.1, -0.05) is 23.7 Å². The number of halogens is 1. The van der Waals surface area contributed by atoms with Crippen LogP contribution < -0.4 is 16.4 Å². The van der Waals surface area contributed by atoms with Gasteiger partial charge in [-0.2, -0.15) is 0 Å². The van der Waals surface area contributed by atoms with E-state index in [4.69, 9.17) is 22.1 Å². The number of anilines is 3. The summed E-state index contributed by atoms with van der Waals surface area (Å²) in [5.41, 5.74) is 10.4. The minimum absolute atomic E-state index is 0.326. The number of benzene rings is 1. The highest BCUT2D eigenvalue weighted by Crippen LogP contribution is 2.36. The van der Waals surface area contributed by atoms with Crippen molar-refractivity contribution in [1.29, 1.82) is 0 Å². The number of nitrogens with two attached hydrogens (primary N) is 1. The van der Waals surface area contributed by atoms with Crippen LogP contribution in [0.25, 0.3) is 0 Å². The number of rotatable bonds is 5. The fourth-order valence-electron chi connectivity index (χ4n) is 2.52. The summed E-state index contributed by atoms with van der Waals surface area (Å²) in [6.07, 6.45) is 0. The first-order chi connectivity index (χ1) is 12.0. The minimum atomic E-state index is 0.326. The molecule has 1 aliphatic heterocycles. The first-order valence-corrected chi connectivity index (χ1v) is 8.33. The molecular formula is C18H20ClN5O. The van der Waals surface area contributed by atoms with Crippen LogP contribution in [0.2, 0.25) is 5.02 Å². The van der Waals surface area contributed by atoms with Gasteiger partial charge in [0.2, 0.25) is 0 Å². The van der Waals surface area contributed by atoms with Crippen molar-refractivity contribution in [3.05, 3.63) is 52.9 Å². The normalized spacial score (nSPS) is 12.7. The molecule has 7 heteroatoms. The van der Waals surface area contributed by atoms with Crippen LogP contribution in [0.3, 0.4) is 0 Å². The van der Waals surface area contributed by atoms with Gasteiger partial charge in [0.25, 0.3) is 0 Å². The molecule has 3 rings (SSSR count). The third-order valence-corrected chi connectivity index (χ3v) is 4.21. The first kappa shape index (κ1) is 17.1. The Kier molecular flexibility index (Phi) is 4.81. The van der Waals surface area contributed by atoms with Gasteiger partial charge in [-0.25, -0.2) is 9.98 Å². The van der Waals surface area contributed by atoms with Crippen LogP contribution in [0, 0.1) is 6.92 Å². The maximum absolute atomic E-state index is 6.22. The first-order valence-electron chi connectivity index (χ1n) is 7.95. The second-order valence-corrected chi connectivity index (χ2v) is 6.05. The molecule has 6 nitrogen and oxygen atoms in total. The number of hydrogen-bond donors (Lipinski definition) is 3. The van der Waals surface area contributed by atoms with Gasteiger partial charge in [0.1, 0.15) is 11.5 Å². The molecule has 0 radical (unpaired) electrons. The molecule has 0 saturated carbocycles. The van der Waals surface area contributed by atoms with Crippen molar-refractivity contribution in [3.63, 3.8) is 0 Å². The zero-order valence-electron chi connectivity index (χ0n) is 14.2. The summed E-state index contributed by atoms with van der Waals surface area (Å²) in [5.74, 6) is 1.30. The maximum atomic E-state index is 6.22. The van der Waals surface area contributed by atoms with E-state index in [0.717, 1.165) is 22.5 Å². The van der Waals surface area contributed by atoms with E-state index in [1.54, 1.807) is 0 Å². The van der Waals surface area contributed by atoms with Crippen molar-refractivity contribution in [1.82, 2.24) is 4.98 Å². The van der Waals surface area contributed by atoms with Gasteiger partial charge >= 0.3 is 0 Å². The summed E-state index contributed by atoms with van der Waals surface area (Å²) in [6, 6.07) is 7.72. The lowest BCUT2D eigenvalue weighted by atomic mass is 10.1. The van der Waals surface area contributed by atoms with Crippen LogP contribution in [0.15, 0.2) is 41.7 Å². The molecule has 0 unspecified atom stereocenters. The third-order valence-electron chi connectivity index (χ3n) is 3.80. The molecule has 1 aliphatic rings. The summed E-state index contributed by atoms with van der Waals surface area (Å²) in [5, 5.41) is 7.02. The van der Waals surface area contributed by atoms with Crippen molar-refractivity contribution in [2.45, 2.75) is 13.8 Å². The molecule has 4 N–H and O–H groups in total. The molecule has 130 valence electrons. The topological polar surface area (TPSA) is 84.6 Å². The Morgan fingerprint density at radius 2 is 2.24 bits per heavy atom. The second kappa shape index (κ2) is 7.03. The number of aromatic nitrogens is 1. The summed E-state index contributed by atoms with van der Waals surface area (Å²) in [6.45, 7) is 8.72. The third kappa shape index (κ3) is 3.69. The maximum Gasteiger partial charge on any atom is 0.184 e.